The Bertz CT molecular complexity index is 1220. The maximum absolute atomic E-state index is 11.9. The smallest absolute Gasteiger partial charge is 0.407 e. The molecule has 1 unspecified atom stereocenters. The van der Waals surface area contributed by atoms with Crippen LogP contribution in [0.25, 0.3) is 0 Å². The van der Waals surface area contributed by atoms with Crippen molar-refractivity contribution in [3.05, 3.63) is 72.1 Å². The molecule has 2 aromatic heterocycles. The molecule has 1 aromatic carbocycles. The number of rotatable bonds is 8. The van der Waals surface area contributed by atoms with E-state index in [1.54, 1.807) is 6.20 Å². The van der Waals surface area contributed by atoms with Crippen molar-refractivity contribution >= 4 is 11.9 Å². The lowest BCUT2D eigenvalue weighted by atomic mass is 9.89. The lowest BCUT2D eigenvalue weighted by Gasteiger charge is -2.36. The van der Waals surface area contributed by atoms with E-state index in [2.05, 4.69) is 27.2 Å². The van der Waals surface area contributed by atoms with E-state index in [-0.39, 0.29) is 29.7 Å². The molecule has 0 spiro atoms. The predicted octanol–water partition coefficient (Wildman–Crippen LogP) is 5.45. The highest BCUT2D eigenvalue weighted by molar-refractivity contribution is 5.90. The third kappa shape index (κ3) is 7.25. The molecule has 9 nitrogen and oxygen atoms in total. The first kappa shape index (κ1) is 26.1. The highest BCUT2D eigenvalue weighted by Crippen LogP contribution is 2.29. The topological polar surface area (TPSA) is 113 Å². The monoisotopic (exact) mass is 504 g/mol. The molecule has 1 aliphatic rings. The average molecular weight is 505 g/mol. The minimum Gasteiger partial charge on any atom is -0.489 e. The third-order valence-electron chi connectivity index (χ3n) is 5.88. The number of amides is 1. The summed E-state index contributed by atoms with van der Waals surface area (Å²) in [5, 5.41) is 2.87. The quantitative estimate of drug-likeness (QED) is 0.403. The summed E-state index contributed by atoms with van der Waals surface area (Å²) in [4.78, 5) is 35.8. The fourth-order valence-corrected chi connectivity index (χ4v) is 3.85. The number of ether oxygens (including phenoxy) is 3. The SMILES string of the molecule is CC(=O)c1ncc(Oc2ccc(C(C)c3ccc(O[C@H]4C[C@H](NC(=O)OC(C)(C)C)C4)cn3)cc2)cn1. The van der Waals surface area contributed by atoms with E-state index < -0.39 is 11.7 Å². The summed E-state index contributed by atoms with van der Waals surface area (Å²) in [6.07, 6.45) is 5.82. The number of carbonyl (C=O) groups is 2. The lowest BCUT2D eigenvalue weighted by Crippen LogP contribution is -2.50. The maximum Gasteiger partial charge on any atom is 0.407 e. The van der Waals surface area contributed by atoms with Gasteiger partial charge in [0.1, 0.15) is 23.2 Å². The summed E-state index contributed by atoms with van der Waals surface area (Å²) >= 11 is 0. The highest BCUT2D eigenvalue weighted by Gasteiger charge is 2.33. The Labute approximate surface area is 216 Å². The second-order valence-electron chi connectivity index (χ2n) is 10.2. The van der Waals surface area contributed by atoms with E-state index in [1.807, 2.05) is 57.2 Å². The number of alkyl carbamates (subject to hydrolysis) is 1. The van der Waals surface area contributed by atoms with Gasteiger partial charge in [0.25, 0.3) is 0 Å². The molecule has 0 bridgehead atoms. The van der Waals surface area contributed by atoms with Gasteiger partial charge in [0.2, 0.25) is 0 Å². The first-order chi connectivity index (χ1) is 17.6. The minimum absolute atomic E-state index is 0.0432. The van der Waals surface area contributed by atoms with Crippen molar-refractivity contribution in [2.45, 2.75) is 71.1 Å². The van der Waals surface area contributed by atoms with Crippen LogP contribution in [0.15, 0.2) is 55.0 Å². The molecule has 1 atom stereocenters. The molecule has 1 N–H and O–H groups in total. The number of Topliss-reactive ketones (excluding diaryl/α,β-unsaturated/α-hetero) is 1. The Morgan fingerprint density at radius 3 is 2.11 bits per heavy atom. The van der Waals surface area contributed by atoms with Crippen LogP contribution in [-0.4, -0.2) is 44.6 Å². The Kier molecular flexibility index (Phi) is 7.71. The second kappa shape index (κ2) is 10.9. The van der Waals surface area contributed by atoms with Gasteiger partial charge in [-0.3, -0.25) is 9.78 Å². The van der Waals surface area contributed by atoms with Gasteiger partial charge >= 0.3 is 6.09 Å². The number of ketones is 1. The van der Waals surface area contributed by atoms with Crippen molar-refractivity contribution in [3.63, 3.8) is 0 Å². The first-order valence-corrected chi connectivity index (χ1v) is 12.3. The van der Waals surface area contributed by atoms with Crippen molar-refractivity contribution in [2.75, 3.05) is 0 Å². The van der Waals surface area contributed by atoms with Gasteiger partial charge in [-0.05, 0) is 50.6 Å². The molecular weight excluding hydrogens is 472 g/mol. The molecule has 194 valence electrons. The fourth-order valence-electron chi connectivity index (χ4n) is 3.85. The summed E-state index contributed by atoms with van der Waals surface area (Å²) in [7, 11) is 0. The standard InChI is InChI=1S/C28H32N4O5/c1-17(19-6-8-21(9-7-19)35-24-15-30-26(18(2)33)31-16-24)25-11-10-22(14-29-25)36-23-12-20(13-23)32-27(34)37-28(3,4)5/h6-11,14-17,20,23H,12-13H2,1-5H3,(H,32,34)/t17?,20-,23-. The molecule has 1 amide bonds. The second-order valence-corrected chi connectivity index (χ2v) is 10.2. The van der Waals surface area contributed by atoms with Gasteiger partial charge in [-0.2, -0.15) is 0 Å². The third-order valence-corrected chi connectivity index (χ3v) is 5.88. The summed E-state index contributed by atoms with van der Waals surface area (Å²) in [5.74, 6) is 1.86. The molecule has 2 heterocycles. The molecular formula is C28H32N4O5. The van der Waals surface area contributed by atoms with Gasteiger partial charge in [0, 0.05) is 37.4 Å². The summed E-state index contributed by atoms with van der Waals surface area (Å²) in [6.45, 7) is 9.04. The summed E-state index contributed by atoms with van der Waals surface area (Å²) < 4.78 is 17.1. The number of pyridine rings is 1. The van der Waals surface area contributed by atoms with Gasteiger partial charge in [-0.25, -0.2) is 14.8 Å². The number of aromatic nitrogens is 3. The predicted molar refractivity (Wildman–Crippen MR) is 137 cm³/mol. The highest BCUT2D eigenvalue weighted by atomic mass is 16.6. The van der Waals surface area contributed by atoms with Crippen molar-refractivity contribution in [1.82, 2.24) is 20.3 Å². The Balaban J connectivity index is 1.26. The summed E-state index contributed by atoms with van der Waals surface area (Å²) in [5.41, 5.74) is 1.50. The minimum atomic E-state index is -0.510. The van der Waals surface area contributed by atoms with Crippen LogP contribution >= 0.6 is 0 Å². The van der Waals surface area contributed by atoms with Gasteiger partial charge in [-0.15, -0.1) is 0 Å². The molecule has 0 radical (unpaired) electrons. The normalized spacial score (nSPS) is 17.8. The van der Waals surface area contributed by atoms with Crippen LogP contribution < -0.4 is 14.8 Å². The van der Waals surface area contributed by atoms with Crippen LogP contribution in [0.3, 0.4) is 0 Å². The zero-order valence-corrected chi connectivity index (χ0v) is 21.7. The number of nitrogens with one attached hydrogen (secondary N) is 1. The number of carbonyl (C=O) groups excluding carboxylic acids is 2. The van der Waals surface area contributed by atoms with Crippen molar-refractivity contribution in [3.8, 4) is 17.2 Å². The molecule has 37 heavy (non-hydrogen) atoms. The molecule has 0 aliphatic heterocycles. The van der Waals surface area contributed by atoms with E-state index in [4.69, 9.17) is 14.2 Å². The molecule has 1 saturated carbocycles. The average Bonchev–Trinajstić information content (AvgIpc) is 2.82. The maximum atomic E-state index is 11.9. The van der Waals surface area contributed by atoms with Crippen molar-refractivity contribution in [2.24, 2.45) is 0 Å². The molecule has 1 aliphatic carbocycles. The van der Waals surface area contributed by atoms with Gasteiger partial charge in [-0.1, -0.05) is 19.1 Å². The Hall–Kier alpha value is -4.01. The van der Waals surface area contributed by atoms with Crippen LogP contribution in [0.1, 0.15) is 75.3 Å². The zero-order chi connectivity index (χ0) is 26.6. The van der Waals surface area contributed by atoms with Gasteiger partial charge < -0.3 is 19.5 Å². The number of benzene rings is 1. The van der Waals surface area contributed by atoms with Crippen molar-refractivity contribution < 1.29 is 23.8 Å². The van der Waals surface area contributed by atoms with E-state index in [9.17, 15) is 9.59 Å². The first-order valence-electron chi connectivity index (χ1n) is 12.3. The largest absolute Gasteiger partial charge is 0.489 e. The van der Waals surface area contributed by atoms with Gasteiger partial charge in [0.05, 0.1) is 18.6 Å². The van der Waals surface area contributed by atoms with Crippen LogP contribution in [0.2, 0.25) is 0 Å². The molecule has 0 saturated heterocycles. The van der Waals surface area contributed by atoms with Crippen LogP contribution in [0.4, 0.5) is 4.79 Å². The van der Waals surface area contributed by atoms with Crippen LogP contribution in [0.5, 0.6) is 17.2 Å². The van der Waals surface area contributed by atoms with E-state index in [0.29, 0.717) is 17.2 Å². The van der Waals surface area contributed by atoms with Crippen molar-refractivity contribution in [1.29, 1.82) is 0 Å². The van der Waals surface area contributed by atoms with E-state index in [0.717, 1.165) is 24.1 Å². The molecule has 3 aromatic rings. The number of hydrogen-bond acceptors (Lipinski definition) is 8. The zero-order valence-electron chi connectivity index (χ0n) is 21.7. The van der Waals surface area contributed by atoms with E-state index >= 15 is 0 Å². The number of nitrogens with zero attached hydrogens (tertiary/aromatic N) is 3. The molecule has 9 heteroatoms. The fraction of sp³-hybridized carbons (Fsp3) is 0.393. The molecule has 4 rings (SSSR count). The lowest BCUT2D eigenvalue weighted by molar-refractivity contribution is 0.0362. The Morgan fingerprint density at radius 1 is 0.919 bits per heavy atom. The Morgan fingerprint density at radius 2 is 1.54 bits per heavy atom. The van der Waals surface area contributed by atoms with Crippen LogP contribution in [-0.2, 0) is 4.74 Å². The van der Waals surface area contributed by atoms with E-state index in [1.165, 1.54) is 19.3 Å². The molecule has 1 fully saturated rings. The number of hydrogen-bond donors (Lipinski definition) is 1. The summed E-state index contributed by atoms with van der Waals surface area (Å²) in [6, 6.07) is 11.7. The van der Waals surface area contributed by atoms with Crippen LogP contribution in [0, 0.1) is 0 Å². The van der Waals surface area contributed by atoms with Gasteiger partial charge in [0.15, 0.2) is 17.4 Å².